The number of carboxylic acid groups (broad SMARTS) is 1. The summed E-state index contributed by atoms with van der Waals surface area (Å²) < 4.78 is 0.867. The first kappa shape index (κ1) is 15.0. The molecule has 1 aromatic carbocycles. The molecule has 1 amide bonds. The molecule has 1 aromatic rings. The largest absolute Gasteiger partial charge is 0.481 e. The molecule has 0 heterocycles. The molecule has 0 radical (unpaired) electrons. The monoisotopic (exact) mass is 339 g/mol. The summed E-state index contributed by atoms with van der Waals surface area (Å²) in [7, 11) is 0. The van der Waals surface area contributed by atoms with Gasteiger partial charge in [-0.05, 0) is 48.9 Å². The summed E-state index contributed by atoms with van der Waals surface area (Å²) in [6.07, 6.45) is 2.91. The molecule has 0 unspecified atom stereocenters. The van der Waals surface area contributed by atoms with E-state index in [9.17, 15) is 9.59 Å². The molecule has 2 N–H and O–H groups in total. The van der Waals surface area contributed by atoms with Crippen LogP contribution in [0.4, 0.5) is 0 Å². The number of aryl methyl sites for hydroxylation is 1. The molecular weight excluding hydrogens is 322 g/mol. The van der Waals surface area contributed by atoms with Gasteiger partial charge in [0, 0.05) is 16.6 Å². The molecule has 0 saturated heterocycles. The quantitative estimate of drug-likeness (QED) is 0.865. The van der Waals surface area contributed by atoms with E-state index in [2.05, 4.69) is 21.2 Å². The Morgan fingerprint density at radius 1 is 1.35 bits per heavy atom. The lowest BCUT2D eigenvalue weighted by Crippen LogP contribution is -2.43. The second-order valence-corrected chi connectivity index (χ2v) is 6.54. The third-order valence-corrected chi connectivity index (χ3v) is 4.33. The van der Waals surface area contributed by atoms with Crippen molar-refractivity contribution in [3.05, 3.63) is 33.8 Å². The molecule has 20 heavy (non-hydrogen) atoms. The van der Waals surface area contributed by atoms with Crippen molar-refractivity contribution in [2.45, 2.75) is 32.6 Å². The number of hydrogen-bond acceptors (Lipinski definition) is 2. The number of carboxylic acids is 1. The zero-order chi connectivity index (χ0) is 14.8. The number of benzene rings is 1. The third-order valence-electron chi connectivity index (χ3n) is 3.87. The first-order valence-electron chi connectivity index (χ1n) is 6.67. The first-order valence-corrected chi connectivity index (χ1v) is 7.47. The van der Waals surface area contributed by atoms with E-state index in [4.69, 9.17) is 5.11 Å². The van der Waals surface area contributed by atoms with E-state index in [0.29, 0.717) is 12.1 Å². The average Bonchev–Trinajstić information content (AvgIpc) is 2.30. The molecule has 4 nitrogen and oxygen atoms in total. The predicted molar refractivity (Wildman–Crippen MR) is 79.7 cm³/mol. The third kappa shape index (κ3) is 3.60. The van der Waals surface area contributed by atoms with Crippen molar-refractivity contribution in [1.82, 2.24) is 5.32 Å². The highest BCUT2D eigenvalue weighted by Gasteiger charge is 2.39. The van der Waals surface area contributed by atoms with Crippen LogP contribution in [0.25, 0.3) is 0 Å². The van der Waals surface area contributed by atoms with Crippen LogP contribution in [0.5, 0.6) is 0 Å². The topological polar surface area (TPSA) is 66.4 Å². The van der Waals surface area contributed by atoms with E-state index in [0.717, 1.165) is 29.3 Å². The van der Waals surface area contributed by atoms with Crippen molar-refractivity contribution < 1.29 is 14.7 Å². The summed E-state index contributed by atoms with van der Waals surface area (Å²) in [5.74, 6) is -0.941. The number of carbonyl (C=O) groups excluding carboxylic acids is 1. The highest BCUT2D eigenvalue weighted by Crippen LogP contribution is 2.43. The molecule has 0 aliphatic heterocycles. The number of amides is 1. The maximum absolute atomic E-state index is 12.1. The number of aliphatic carboxylic acids is 1. The Balaban J connectivity index is 1.99. The van der Waals surface area contributed by atoms with E-state index in [1.165, 1.54) is 0 Å². The Morgan fingerprint density at radius 2 is 2.05 bits per heavy atom. The number of nitrogens with one attached hydrogen (secondary N) is 1. The van der Waals surface area contributed by atoms with E-state index >= 15 is 0 Å². The fraction of sp³-hybridized carbons (Fsp3) is 0.467. The number of rotatable bonds is 5. The maximum Gasteiger partial charge on any atom is 0.303 e. The molecule has 0 atom stereocenters. The van der Waals surface area contributed by atoms with Crippen LogP contribution >= 0.6 is 15.9 Å². The summed E-state index contributed by atoms with van der Waals surface area (Å²) >= 11 is 3.37. The molecule has 0 bridgehead atoms. The minimum absolute atomic E-state index is 0.130. The Hall–Kier alpha value is -1.36. The molecular formula is C15H18BrNO3. The van der Waals surface area contributed by atoms with Crippen molar-refractivity contribution in [2.24, 2.45) is 5.41 Å². The lowest BCUT2D eigenvalue weighted by atomic mass is 9.66. The van der Waals surface area contributed by atoms with E-state index < -0.39 is 5.97 Å². The van der Waals surface area contributed by atoms with Crippen LogP contribution in [0.2, 0.25) is 0 Å². The zero-order valence-electron chi connectivity index (χ0n) is 11.4. The number of halogens is 1. The SMILES string of the molecule is Cc1cc(Br)cc(C(=O)NCC2(CC(=O)O)CCC2)c1. The van der Waals surface area contributed by atoms with Crippen LogP contribution in [-0.4, -0.2) is 23.5 Å². The molecule has 108 valence electrons. The summed E-state index contributed by atoms with van der Waals surface area (Å²) in [5, 5.41) is 11.8. The van der Waals surface area contributed by atoms with Crippen LogP contribution in [0.3, 0.4) is 0 Å². The highest BCUT2D eigenvalue weighted by atomic mass is 79.9. The smallest absolute Gasteiger partial charge is 0.303 e. The summed E-state index contributed by atoms with van der Waals surface area (Å²) in [6.45, 7) is 2.36. The lowest BCUT2D eigenvalue weighted by Gasteiger charge is -2.40. The fourth-order valence-electron chi connectivity index (χ4n) is 2.65. The predicted octanol–water partition coefficient (Wildman–Crippen LogP) is 3.13. The minimum atomic E-state index is -0.794. The standard InChI is InChI=1S/C15H18BrNO3/c1-10-5-11(7-12(16)6-10)14(20)17-9-15(3-2-4-15)8-13(18)19/h5-7H,2-4,8-9H2,1H3,(H,17,20)(H,18,19). The Bertz CT molecular complexity index is 518. The molecule has 0 spiro atoms. The van der Waals surface area contributed by atoms with Crippen molar-refractivity contribution in [3.8, 4) is 0 Å². The van der Waals surface area contributed by atoms with Gasteiger partial charge in [0.2, 0.25) is 0 Å². The Kier molecular flexibility index (Phi) is 4.48. The molecule has 5 heteroatoms. The summed E-state index contributed by atoms with van der Waals surface area (Å²) in [5.41, 5.74) is 1.36. The van der Waals surface area contributed by atoms with Crippen molar-refractivity contribution in [3.63, 3.8) is 0 Å². The maximum atomic E-state index is 12.1. The normalized spacial score (nSPS) is 16.3. The molecule has 2 rings (SSSR count). The number of carbonyl (C=O) groups is 2. The Labute approximate surface area is 126 Å². The van der Waals surface area contributed by atoms with Gasteiger partial charge in [-0.3, -0.25) is 9.59 Å². The molecule has 1 aliphatic rings. The lowest BCUT2D eigenvalue weighted by molar-refractivity contribution is -0.141. The van der Waals surface area contributed by atoms with E-state index in [-0.39, 0.29) is 17.7 Å². The van der Waals surface area contributed by atoms with Crippen LogP contribution in [-0.2, 0) is 4.79 Å². The second-order valence-electron chi connectivity index (χ2n) is 5.62. The van der Waals surface area contributed by atoms with Gasteiger partial charge in [0.25, 0.3) is 5.91 Å². The summed E-state index contributed by atoms with van der Waals surface area (Å²) in [6, 6.07) is 5.53. The van der Waals surface area contributed by atoms with Gasteiger partial charge >= 0.3 is 5.97 Å². The van der Waals surface area contributed by atoms with Gasteiger partial charge in [0.15, 0.2) is 0 Å². The summed E-state index contributed by atoms with van der Waals surface area (Å²) in [4.78, 5) is 23.0. The Morgan fingerprint density at radius 3 is 2.55 bits per heavy atom. The van der Waals surface area contributed by atoms with E-state index in [1.54, 1.807) is 6.07 Å². The van der Waals surface area contributed by atoms with Crippen LogP contribution in [0, 0.1) is 12.3 Å². The van der Waals surface area contributed by atoms with Crippen molar-refractivity contribution in [1.29, 1.82) is 0 Å². The number of hydrogen-bond donors (Lipinski definition) is 2. The van der Waals surface area contributed by atoms with Crippen LogP contribution in [0.15, 0.2) is 22.7 Å². The fourth-order valence-corrected chi connectivity index (χ4v) is 3.26. The highest BCUT2D eigenvalue weighted by molar-refractivity contribution is 9.10. The van der Waals surface area contributed by atoms with Crippen molar-refractivity contribution >= 4 is 27.8 Å². The van der Waals surface area contributed by atoms with Gasteiger partial charge in [-0.25, -0.2) is 0 Å². The average molecular weight is 340 g/mol. The van der Waals surface area contributed by atoms with Gasteiger partial charge < -0.3 is 10.4 Å². The minimum Gasteiger partial charge on any atom is -0.481 e. The second kappa shape index (κ2) is 5.95. The first-order chi connectivity index (χ1) is 9.40. The zero-order valence-corrected chi connectivity index (χ0v) is 13.0. The van der Waals surface area contributed by atoms with Crippen LogP contribution < -0.4 is 5.32 Å². The molecule has 0 aromatic heterocycles. The molecule has 1 saturated carbocycles. The van der Waals surface area contributed by atoms with Crippen LogP contribution in [0.1, 0.15) is 41.6 Å². The van der Waals surface area contributed by atoms with Crippen molar-refractivity contribution in [2.75, 3.05) is 6.54 Å². The molecule has 1 fully saturated rings. The van der Waals surface area contributed by atoms with Gasteiger partial charge in [-0.15, -0.1) is 0 Å². The van der Waals surface area contributed by atoms with Gasteiger partial charge in [0.1, 0.15) is 0 Å². The van der Waals surface area contributed by atoms with E-state index in [1.807, 2.05) is 19.1 Å². The molecule has 1 aliphatic carbocycles. The van der Waals surface area contributed by atoms with Gasteiger partial charge in [-0.2, -0.15) is 0 Å². The van der Waals surface area contributed by atoms with Gasteiger partial charge in [-0.1, -0.05) is 22.4 Å². The van der Waals surface area contributed by atoms with Gasteiger partial charge in [0.05, 0.1) is 6.42 Å².